The minimum Gasteiger partial charge on any atom is -0.457 e. The van der Waals surface area contributed by atoms with Crippen LogP contribution < -0.4 is 9.64 Å². The number of carbonyl (C=O) groups excluding carboxylic acids is 2. The van der Waals surface area contributed by atoms with Gasteiger partial charge in [-0.3, -0.25) is 9.59 Å². The number of anilines is 1. The van der Waals surface area contributed by atoms with E-state index in [1.165, 1.54) is 4.90 Å². The third-order valence-electron chi connectivity index (χ3n) is 4.52. The van der Waals surface area contributed by atoms with Crippen molar-refractivity contribution in [3.05, 3.63) is 126 Å². The lowest BCUT2D eigenvalue weighted by molar-refractivity contribution is 0.0897. The number of hydrogen-bond donors (Lipinski definition) is 0. The summed E-state index contributed by atoms with van der Waals surface area (Å²) < 4.78 is 5.81. The van der Waals surface area contributed by atoms with Crippen LogP contribution in [0, 0.1) is 0 Å². The Hall–Kier alpha value is -4.18. The molecule has 0 heterocycles. The van der Waals surface area contributed by atoms with E-state index in [-0.39, 0.29) is 11.8 Å². The van der Waals surface area contributed by atoms with Gasteiger partial charge in [-0.05, 0) is 60.7 Å². The number of imide groups is 1. The topological polar surface area (TPSA) is 46.6 Å². The summed E-state index contributed by atoms with van der Waals surface area (Å²) in [7, 11) is 0. The quantitative estimate of drug-likeness (QED) is 0.393. The second kappa shape index (κ2) is 8.88. The standard InChI is InChI=1S/C26H19NO3/c28-25(20-10-4-1-5-11-20)27(26(29)21-12-6-2-7-13-21)22-16-18-24(19-17-22)30-23-14-8-3-9-15-23/h1-19H. The summed E-state index contributed by atoms with van der Waals surface area (Å²) in [4.78, 5) is 27.6. The molecule has 0 spiro atoms. The lowest BCUT2D eigenvalue weighted by atomic mass is 10.1. The molecular formula is C26H19NO3. The first kappa shape index (κ1) is 19.2. The summed E-state index contributed by atoms with van der Waals surface area (Å²) in [6, 6.07) is 33.8. The van der Waals surface area contributed by atoms with Crippen molar-refractivity contribution in [1.29, 1.82) is 0 Å². The van der Waals surface area contributed by atoms with Gasteiger partial charge in [0.1, 0.15) is 11.5 Å². The lowest BCUT2D eigenvalue weighted by Gasteiger charge is -2.21. The number of hydrogen-bond acceptors (Lipinski definition) is 3. The molecular weight excluding hydrogens is 374 g/mol. The average molecular weight is 393 g/mol. The Morgan fingerprint density at radius 3 is 1.37 bits per heavy atom. The van der Waals surface area contributed by atoms with Crippen LogP contribution >= 0.6 is 0 Å². The number of nitrogens with zero attached hydrogens (tertiary/aromatic N) is 1. The van der Waals surface area contributed by atoms with Gasteiger partial charge in [0, 0.05) is 11.1 Å². The second-order valence-corrected chi connectivity index (χ2v) is 6.59. The molecule has 0 bridgehead atoms. The van der Waals surface area contributed by atoms with Crippen LogP contribution in [0.15, 0.2) is 115 Å². The maximum absolute atomic E-state index is 13.2. The fourth-order valence-corrected chi connectivity index (χ4v) is 3.03. The molecule has 0 fully saturated rings. The Morgan fingerprint density at radius 2 is 0.900 bits per heavy atom. The first-order chi connectivity index (χ1) is 14.7. The highest BCUT2D eigenvalue weighted by Crippen LogP contribution is 2.26. The number of para-hydroxylation sites is 1. The van der Waals surface area contributed by atoms with Crippen LogP contribution in [0.4, 0.5) is 5.69 Å². The van der Waals surface area contributed by atoms with Gasteiger partial charge in [-0.1, -0.05) is 54.6 Å². The zero-order valence-corrected chi connectivity index (χ0v) is 16.1. The predicted octanol–water partition coefficient (Wildman–Crippen LogP) is 5.97. The van der Waals surface area contributed by atoms with Gasteiger partial charge in [0.15, 0.2) is 0 Å². The first-order valence-electron chi connectivity index (χ1n) is 9.54. The van der Waals surface area contributed by atoms with Gasteiger partial charge in [0.2, 0.25) is 0 Å². The maximum atomic E-state index is 13.2. The van der Waals surface area contributed by atoms with Gasteiger partial charge in [-0.15, -0.1) is 0 Å². The summed E-state index contributed by atoms with van der Waals surface area (Å²) in [6.07, 6.45) is 0. The third-order valence-corrected chi connectivity index (χ3v) is 4.52. The Balaban J connectivity index is 1.67. The monoisotopic (exact) mass is 393 g/mol. The Morgan fingerprint density at radius 1 is 0.500 bits per heavy atom. The average Bonchev–Trinajstić information content (AvgIpc) is 2.82. The van der Waals surface area contributed by atoms with E-state index in [1.54, 1.807) is 72.8 Å². The molecule has 0 unspecified atom stereocenters. The molecule has 0 aliphatic rings. The van der Waals surface area contributed by atoms with Crippen LogP contribution in [0.5, 0.6) is 11.5 Å². The van der Waals surface area contributed by atoms with Crippen molar-refractivity contribution >= 4 is 17.5 Å². The van der Waals surface area contributed by atoms with E-state index < -0.39 is 0 Å². The highest BCUT2D eigenvalue weighted by molar-refractivity contribution is 6.25. The summed E-state index contributed by atoms with van der Waals surface area (Å²) >= 11 is 0. The van der Waals surface area contributed by atoms with E-state index in [2.05, 4.69) is 0 Å². The van der Waals surface area contributed by atoms with Crippen molar-refractivity contribution in [3.8, 4) is 11.5 Å². The fraction of sp³-hybridized carbons (Fsp3) is 0. The normalized spacial score (nSPS) is 10.3. The number of benzene rings is 4. The van der Waals surface area contributed by atoms with Crippen molar-refractivity contribution in [1.82, 2.24) is 0 Å². The molecule has 2 amide bonds. The number of ether oxygens (including phenoxy) is 1. The molecule has 4 aromatic carbocycles. The van der Waals surface area contributed by atoms with Crippen molar-refractivity contribution in [2.45, 2.75) is 0 Å². The smallest absolute Gasteiger partial charge is 0.265 e. The molecule has 0 atom stereocenters. The first-order valence-corrected chi connectivity index (χ1v) is 9.54. The van der Waals surface area contributed by atoms with Crippen LogP contribution in [0.25, 0.3) is 0 Å². The van der Waals surface area contributed by atoms with Crippen molar-refractivity contribution in [2.24, 2.45) is 0 Å². The van der Waals surface area contributed by atoms with Crippen molar-refractivity contribution in [3.63, 3.8) is 0 Å². The molecule has 0 aliphatic carbocycles. The van der Waals surface area contributed by atoms with Gasteiger partial charge in [0.05, 0.1) is 5.69 Å². The van der Waals surface area contributed by atoms with E-state index in [1.807, 2.05) is 42.5 Å². The minimum atomic E-state index is -0.388. The van der Waals surface area contributed by atoms with Gasteiger partial charge in [-0.25, -0.2) is 4.90 Å². The molecule has 146 valence electrons. The molecule has 30 heavy (non-hydrogen) atoms. The van der Waals surface area contributed by atoms with E-state index in [9.17, 15) is 9.59 Å². The number of amides is 2. The zero-order chi connectivity index (χ0) is 20.8. The SMILES string of the molecule is O=C(c1ccccc1)N(C(=O)c1ccccc1)c1ccc(Oc2ccccc2)cc1. The van der Waals surface area contributed by atoms with E-state index in [0.717, 1.165) is 0 Å². The van der Waals surface area contributed by atoms with Crippen LogP contribution in [-0.4, -0.2) is 11.8 Å². The number of carbonyl (C=O) groups is 2. The second-order valence-electron chi connectivity index (χ2n) is 6.59. The molecule has 0 saturated carbocycles. The Bertz CT molecular complexity index is 1070. The van der Waals surface area contributed by atoms with Gasteiger partial charge in [-0.2, -0.15) is 0 Å². The molecule has 0 N–H and O–H groups in total. The predicted molar refractivity (Wildman–Crippen MR) is 117 cm³/mol. The third kappa shape index (κ3) is 4.28. The highest BCUT2D eigenvalue weighted by atomic mass is 16.5. The van der Waals surface area contributed by atoms with Crippen molar-refractivity contribution in [2.75, 3.05) is 4.90 Å². The van der Waals surface area contributed by atoms with Crippen LogP contribution in [0.1, 0.15) is 20.7 Å². The van der Waals surface area contributed by atoms with Gasteiger partial charge >= 0.3 is 0 Å². The summed E-state index contributed by atoms with van der Waals surface area (Å²) in [5, 5.41) is 0. The summed E-state index contributed by atoms with van der Waals surface area (Å²) in [6.45, 7) is 0. The molecule has 4 aromatic rings. The summed E-state index contributed by atoms with van der Waals surface area (Å²) in [5.74, 6) is 0.550. The lowest BCUT2D eigenvalue weighted by Crippen LogP contribution is -2.37. The molecule has 4 rings (SSSR count). The maximum Gasteiger partial charge on any atom is 0.265 e. The van der Waals surface area contributed by atoms with E-state index >= 15 is 0 Å². The van der Waals surface area contributed by atoms with E-state index in [4.69, 9.17) is 4.74 Å². The minimum absolute atomic E-state index is 0.388. The molecule has 0 aromatic heterocycles. The van der Waals surface area contributed by atoms with Crippen molar-refractivity contribution < 1.29 is 14.3 Å². The summed E-state index contributed by atoms with van der Waals surface area (Å²) in [5.41, 5.74) is 1.34. The molecule has 4 heteroatoms. The molecule has 0 aliphatic heterocycles. The highest BCUT2D eigenvalue weighted by Gasteiger charge is 2.25. The Kier molecular flexibility index (Phi) is 5.67. The zero-order valence-electron chi connectivity index (χ0n) is 16.1. The molecule has 0 radical (unpaired) electrons. The number of rotatable bonds is 5. The molecule has 0 saturated heterocycles. The Labute approximate surface area is 175 Å². The van der Waals surface area contributed by atoms with Gasteiger partial charge in [0.25, 0.3) is 11.8 Å². The van der Waals surface area contributed by atoms with Crippen LogP contribution in [0.2, 0.25) is 0 Å². The van der Waals surface area contributed by atoms with Gasteiger partial charge < -0.3 is 4.74 Å². The van der Waals surface area contributed by atoms with Crippen LogP contribution in [-0.2, 0) is 0 Å². The van der Waals surface area contributed by atoms with E-state index in [0.29, 0.717) is 28.3 Å². The van der Waals surface area contributed by atoms with Crippen LogP contribution in [0.3, 0.4) is 0 Å². The fourth-order valence-electron chi connectivity index (χ4n) is 3.03. The largest absolute Gasteiger partial charge is 0.457 e. The molecule has 4 nitrogen and oxygen atoms in total.